The van der Waals surface area contributed by atoms with Crippen LogP contribution in [0.2, 0.25) is 0 Å². The van der Waals surface area contributed by atoms with E-state index in [0.29, 0.717) is 11.1 Å². The summed E-state index contributed by atoms with van der Waals surface area (Å²) in [5.74, 6) is -5.24. The Balaban J connectivity index is 1.92. The second-order valence-electron chi connectivity index (χ2n) is 6.54. The number of hydrogen-bond donors (Lipinski definition) is 2. The van der Waals surface area contributed by atoms with E-state index in [0.717, 1.165) is 16.6 Å². The standard InChI is InChI=1S/C17H17F5N4OS/c18-16(19)6-2-3-10(16)9-26-14(13(8-24-26)17(20,21)22)15(27)25-11-4-1-5-12(7-11)28-23/h1,4-5,7-8,10H,2-3,6,9,23H2,(H,25,27). The highest BCUT2D eigenvalue weighted by molar-refractivity contribution is 7.97. The monoisotopic (exact) mass is 420 g/mol. The van der Waals surface area contributed by atoms with Crippen LogP contribution in [0, 0.1) is 5.92 Å². The van der Waals surface area contributed by atoms with Crippen molar-refractivity contribution in [1.82, 2.24) is 9.78 Å². The summed E-state index contributed by atoms with van der Waals surface area (Å²) in [6, 6.07) is 6.21. The van der Waals surface area contributed by atoms with E-state index in [-0.39, 0.29) is 24.9 Å². The van der Waals surface area contributed by atoms with Gasteiger partial charge in [0.05, 0.1) is 12.7 Å². The number of benzene rings is 1. The van der Waals surface area contributed by atoms with Crippen molar-refractivity contribution >= 4 is 23.5 Å². The van der Waals surface area contributed by atoms with Crippen LogP contribution in [0.15, 0.2) is 35.4 Å². The number of nitrogens with one attached hydrogen (secondary N) is 1. The normalized spacial score (nSPS) is 19.0. The van der Waals surface area contributed by atoms with Gasteiger partial charge in [-0.05, 0) is 43.0 Å². The van der Waals surface area contributed by atoms with E-state index in [1.54, 1.807) is 12.1 Å². The number of halogens is 5. The molecule has 0 spiro atoms. The summed E-state index contributed by atoms with van der Waals surface area (Å²) in [7, 11) is 0. The number of hydrogen-bond acceptors (Lipinski definition) is 4. The zero-order valence-electron chi connectivity index (χ0n) is 14.5. The fourth-order valence-corrected chi connectivity index (χ4v) is 3.59. The van der Waals surface area contributed by atoms with E-state index in [1.807, 2.05) is 0 Å². The van der Waals surface area contributed by atoms with Crippen LogP contribution in [0.25, 0.3) is 0 Å². The molecule has 1 aromatic heterocycles. The van der Waals surface area contributed by atoms with E-state index >= 15 is 0 Å². The van der Waals surface area contributed by atoms with Crippen molar-refractivity contribution in [2.45, 2.75) is 42.8 Å². The first-order chi connectivity index (χ1) is 13.1. The lowest BCUT2D eigenvalue weighted by molar-refractivity contribution is -0.138. The summed E-state index contributed by atoms with van der Waals surface area (Å²) in [6.45, 7) is -0.468. The quantitative estimate of drug-likeness (QED) is 0.550. The second kappa shape index (κ2) is 7.70. The van der Waals surface area contributed by atoms with E-state index in [1.165, 1.54) is 12.1 Å². The summed E-state index contributed by atoms with van der Waals surface area (Å²) in [5.41, 5.74) is -1.83. The maximum atomic E-state index is 13.9. The number of carbonyl (C=O) groups excluding carboxylic acids is 1. The first-order valence-electron chi connectivity index (χ1n) is 8.41. The van der Waals surface area contributed by atoms with Gasteiger partial charge in [-0.25, -0.2) is 8.78 Å². The van der Waals surface area contributed by atoms with Crippen molar-refractivity contribution in [2.75, 3.05) is 5.32 Å². The molecule has 0 aliphatic heterocycles. The molecule has 1 atom stereocenters. The van der Waals surface area contributed by atoms with Crippen LogP contribution in [-0.2, 0) is 12.7 Å². The first kappa shape index (κ1) is 20.6. The van der Waals surface area contributed by atoms with Gasteiger partial charge in [0.1, 0.15) is 11.3 Å². The molecule has 1 heterocycles. The lowest BCUT2D eigenvalue weighted by Crippen LogP contribution is -2.29. The van der Waals surface area contributed by atoms with Crippen molar-refractivity contribution in [3.63, 3.8) is 0 Å². The Kier molecular flexibility index (Phi) is 5.67. The molecular formula is C17H17F5N4OS. The minimum absolute atomic E-state index is 0.158. The Morgan fingerprint density at radius 1 is 1.39 bits per heavy atom. The van der Waals surface area contributed by atoms with E-state index in [9.17, 15) is 26.7 Å². The molecule has 1 aliphatic rings. The predicted molar refractivity (Wildman–Crippen MR) is 94.0 cm³/mol. The Labute approximate surface area is 161 Å². The van der Waals surface area contributed by atoms with Crippen molar-refractivity contribution in [3.05, 3.63) is 41.7 Å². The van der Waals surface area contributed by atoms with Gasteiger partial charge in [-0.15, -0.1) is 0 Å². The molecule has 5 nitrogen and oxygen atoms in total. The molecule has 1 unspecified atom stereocenters. The number of nitrogens with zero attached hydrogens (tertiary/aromatic N) is 2. The highest BCUT2D eigenvalue weighted by Gasteiger charge is 2.45. The maximum absolute atomic E-state index is 13.9. The lowest BCUT2D eigenvalue weighted by atomic mass is 10.1. The van der Waals surface area contributed by atoms with Crippen LogP contribution in [0.3, 0.4) is 0 Å². The highest BCUT2D eigenvalue weighted by atomic mass is 32.2. The van der Waals surface area contributed by atoms with Gasteiger partial charge >= 0.3 is 6.18 Å². The molecule has 0 radical (unpaired) electrons. The Morgan fingerprint density at radius 2 is 2.14 bits per heavy atom. The third kappa shape index (κ3) is 4.30. The number of nitrogens with two attached hydrogens (primary N) is 1. The summed E-state index contributed by atoms with van der Waals surface area (Å²) >= 11 is 0.907. The average Bonchev–Trinajstić information content (AvgIpc) is 3.18. The van der Waals surface area contributed by atoms with E-state index in [2.05, 4.69) is 10.4 Å². The molecule has 152 valence electrons. The number of amides is 1. The number of anilines is 1. The third-order valence-corrected chi connectivity index (χ3v) is 5.17. The van der Waals surface area contributed by atoms with Gasteiger partial charge in [-0.3, -0.25) is 14.6 Å². The SMILES string of the molecule is NSc1cccc(NC(=O)c2c(C(F)(F)F)cnn2CC2CCCC2(F)F)c1. The van der Waals surface area contributed by atoms with Crippen molar-refractivity contribution in [1.29, 1.82) is 0 Å². The largest absolute Gasteiger partial charge is 0.420 e. The molecule has 2 aromatic rings. The van der Waals surface area contributed by atoms with Gasteiger partial charge in [-0.2, -0.15) is 18.3 Å². The van der Waals surface area contributed by atoms with Gasteiger partial charge in [-0.1, -0.05) is 6.07 Å². The van der Waals surface area contributed by atoms with Gasteiger partial charge < -0.3 is 5.32 Å². The number of rotatable bonds is 5. The fourth-order valence-electron chi connectivity index (χ4n) is 3.24. The molecule has 1 aromatic carbocycles. The zero-order chi connectivity index (χ0) is 20.5. The molecule has 28 heavy (non-hydrogen) atoms. The fraction of sp³-hybridized carbons (Fsp3) is 0.412. The molecule has 0 bridgehead atoms. The number of carbonyl (C=O) groups is 1. The minimum atomic E-state index is -4.85. The summed E-state index contributed by atoms with van der Waals surface area (Å²) in [5, 5.41) is 11.4. The van der Waals surface area contributed by atoms with Crippen LogP contribution in [-0.4, -0.2) is 21.6 Å². The molecule has 3 N–H and O–H groups in total. The molecule has 3 rings (SSSR count). The smallest absolute Gasteiger partial charge is 0.321 e. The van der Waals surface area contributed by atoms with Crippen LogP contribution < -0.4 is 10.5 Å². The topological polar surface area (TPSA) is 72.9 Å². The van der Waals surface area contributed by atoms with Gasteiger partial charge in [0.25, 0.3) is 11.8 Å². The third-order valence-electron chi connectivity index (χ3n) is 4.64. The summed E-state index contributed by atoms with van der Waals surface area (Å²) in [6.07, 6.45) is -4.25. The van der Waals surface area contributed by atoms with Crippen LogP contribution in [0.5, 0.6) is 0 Å². The molecule has 1 saturated carbocycles. The minimum Gasteiger partial charge on any atom is -0.321 e. The summed E-state index contributed by atoms with van der Waals surface area (Å²) in [4.78, 5) is 13.2. The van der Waals surface area contributed by atoms with Crippen LogP contribution in [0.1, 0.15) is 35.3 Å². The zero-order valence-corrected chi connectivity index (χ0v) is 15.3. The molecule has 0 saturated heterocycles. The predicted octanol–water partition coefficient (Wildman–Crippen LogP) is 4.56. The Bertz CT molecular complexity index is 867. The Hall–Kier alpha value is -2.14. The van der Waals surface area contributed by atoms with Crippen LogP contribution in [0.4, 0.5) is 27.6 Å². The van der Waals surface area contributed by atoms with Crippen molar-refractivity contribution in [3.8, 4) is 0 Å². The van der Waals surface area contributed by atoms with Gasteiger partial charge in [0.2, 0.25) is 0 Å². The van der Waals surface area contributed by atoms with Crippen molar-refractivity contribution < 1.29 is 26.7 Å². The lowest BCUT2D eigenvalue weighted by Gasteiger charge is -2.20. The summed E-state index contributed by atoms with van der Waals surface area (Å²) < 4.78 is 68.6. The highest BCUT2D eigenvalue weighted by Crippen LogP contribution is 2.42. The number of alkyl halides is 5. The molecule has 1 fully saturated rings. The van der Waals surface area contributed by atoms with E-state index < -0.39 is 41.7 Å². The second-order valence-corrected chi connectivity index (χ2v) is 7.24. The molecular weight excluding hydrogens is 403 g/mol. The average molecular weight is 420 g/mol. The van der Waals surface area contributed by atoms with Crippen molar-refractivity contribution in [2.24, 2.45) is 11.1 Å². The van der Waals surface area contributed by atoms with Crippen LogP contribution >= 0.6 is 11.9 Å². The number of aromatic nitrogens is 2. The Morgan fingerprint density at radius 3 is 2.75 bits per heavy atom. The molecule has 1 amide bonds. The first-order valence-corrected chi connectivity index (χ1v) is 9.29. The van der Waals surface area contributed by atoms with Gasteiger partial charge in [0.15, 0.2) is 0 Å². The van der Waals surface area contributed by atoms with E-state index in [4.69, 9.17) is 5.14 Å². The molecule has 11 heteroatoms. The molecule has 1 aliphatic carbocycles. The van der Waals surface area contributed by atoms with Gasteiger partial charge in [0, 0.05) is 22.9 Å². The maximum Gasteiger partial charge on any atom is 0.420 e.